The van der Waals surface area contributed by atoms with E-state index in [1.54, 1.807) is 16.3 Å². The lowest BCUT2D eigenvalue weighted by Gasteiger charge is -2.26. The van der Waals surface area contributed by atoms with Crippen molar-refractivity contribution in [1.82, 2.24) is 19.4 Å². The van der Waals surface area contributed by atoms with Crippen LogP contribution in [-0.4, -0.2) is 58.0 Å². The van der Waals surface area contributed by atoms with Crippen molar-refractivity contribution in [3.05, 3.63) is 65.0 Å². The Morgan fingerprint density at radius 3 is 2.62 bits per heavy atom. The summed E-state index contributed by atoms with van der Waals surface area (Å²) in [6.07, 6.45) is 0. The zero-order valence-corrected chi connectivity index (χ0v) is 16.8. The van der Waals surface area contributed by atoms with E-state index in [9.17, 15) is 4.79 Å². The molecule has 1 saturated heterocycles. The molecule has 5 rings (SSSR count). The van der Waals surface area contributed by atoms with Crippen LogP contribution in [0.3, 0.4) is 0 Å². The Labute approximate surface area is 172 Å². The number of fused-ring (bicyclic) bond motifs is 3. The number of aromatic nitrogens is 3. The number of hydrogen-bond acceptors (Lipinski definition) is 5. The predicted molar refractivity (Wildman–Crippen MR) is 117 cm³/mol. The van der Waals surface area contributed by atoms with Gasteiger partial charge >= 0.3 is 0 Å². The van der Waals surface area contributed by atoms with Crippen LogP contribution in [0.4, 0.5) is 0 Å². The van der Waals surface area contributed by atoms with E-state index in [0.717, 1.165) is 65.9 Å². The minimum absolute atomic E-state index is 0.0636. The van der Waals surface area contributed by atoms with Crippen LogP contribution in [0.5, 0.6) is 0 Å². The first-order valence-electron chi connectivity index (χ1n) is 9.83. The van der Waals surface area contributed by atoms with Crippen molar-refractivity contribution in [1.29, 1.82) is 0 Å². The number of hydrogen-bond donors (Lipinski definition) is 1. The number of nitrogens with zero attached hydrogens (tertiary/aromatic N) is 3. The molecule has 0 unspecified atom stereocenters. The van der Waals surface area contributed by atoms with Gasteiger partial charge in [0.2, 0.25) is 0 Å². The summed E-state index contributed by atoms with van der Waals surface area (Å²) in [7, 11) is 0. The molecule has 148 valence electrons. The molecule has 6 nitrogen and oxygen atoms in total. The van der Waals surface area contributed by atoms with Gasteiger partial charge in [-0.2, -0.15) is 0 Å². The first kappa shape index (κ1) is 18.4. The maximum absolute atomic E-state index is 13.4. The molecule has 2 aromatic heterocycles. The number of thioether (sulfide) groups is 1. The molecule has 1 aliphatic rings. The van der Waals surface area contributed by atoms with E-state index in [1.165, 1.54) is 0 Å². The summed E-state index contributed by atoms with van der Waals surface area (Å²) in [5, 5.41) is 1.71. The van der Waals surface area contributed by atoms with Gasteiger partial charge in [0, 0.05) is 36.3 Å². The average molecular weight is 407 g/mol. The van der Waals surface area contributed by atoms with Crippen molar-refractivity contribution in [3.63, 3.8) is 0 Å². The van der Waals surface area contributed by atoms with Crippen molar-refractivity contribution >= 4 is 33.7 Å². The summed E-state index contributed by atoms with van der Waals surface area (Å²) in [5.41, 5.74) is 2.99. The summed E-state index contributed by atoms with van der Waals surface area (Å²) < 4.78 is 7.15. The lowest BCUT2D eigenvalue weighted by atomic mass is 10.2. The Balaban J connectivity index is 1.57. The van der Waals surface area contributed by atoms with E-state index < -0.39 is 0 Å². The zero-order chi connectivity index (χ0) is 19.6. The molecule has 1 N–H and O–H groups in total. The predicted octanol–water partition coefficient (Wildman–Crippen LogP) is 3.29. The number of rotatable bonds is 5. The summed E-state index contributed by atoms with van der Waals surface area (Å²) >= 11 is 1.63. The Kier molecular flexibility index (Phi) is 5.10. The van der Waals surface area contributed by atoms with E-state index in [4.69, 9.17) is 9.72 Å². The molecular formula is C22H22N4O2S. The lowest BCUT2D eigenvalue weighted by molar-refractivity contribution is 0.0410. The Morgan fingerprint density at radius 2 is 1.79 bits per heavy atom. The van der Waals surface area contributed by atoms with Gasteiger partial charge in [-0.15, -0.1) is 0 Å². The minimum Gasteiger partial charge on any atom is -0.379 e. The van der Waals surface area contributed by atoms with Gasteiger partial charge in [0.25, 0.3) is 5.56 Å². The van der Waals surface area contributed by atoms with Gasteiger partial charge in [0.1, 0.15) is 11.0 Å². The van der Waals surface area contributed by atoms with Crippen LogP contribution in [0, 0.1) is 0 Å². The van der Waals surface area contributed by atoms with Gasteiger partial charge < -0.3 is 9.72 Å². The Hall–Kier alpha value is -2.61. The molecule has 4 aromatic rings. The molecular weight excluding hydrogens is 384 g/mol. The molecule has 0 saturated carbocycles. The topological polar surface area (TPSA) is 63.1 Å². The fourth-order valence-electron chi connectivity index (χ4n) is 3.73. The first-order chi connectivity index (χ1) is 14.3. The largest absolute Gasteiger partial charge is 0.379 e. The molecule has 0 amide bonds. The first-order valence-corrected chi connectivity index (χ1v) is 10.8. The molecule has 29 heavy (non-hydrogen) atoms. The number of ether oxygens (including phenoxy) is 1. The monoisotopic (exact) mass is 406 g/mol. The number of aromatic amines is 1. The SMILES string of the molecule is O=c1c2[nH]c3ccccc3c2nc(SCCN2CCOCC2)n1-c1ccccc1. The molecule has 0 radical (unpaired) electrons. The molecule has 0 spiro atoms. The third-order valence-corrected chi connectivity index (χ3v) is 6.17. The highest BCUT2D eigenvalue weighted by molar-refractivity contribution is 7.99. The van der Waals surface area contributed by atoms with Crippen LogP contribution in [0.25, 0.3) is 27.6 Å². The molecule has 1 aliphatic heterocycles. The number of nitrogens with one attached hydrogen (secondary N) is 1. The number of para-hydroxylation sites is 2. The molecule has 0 bridgehead atoms. The Bertz CT molecular complexity index is 1200. The van der Waals surface area contributed by atoms with Crippen LogP contribution in [0.1, 0.15) is 0 Å². The van der Waals surface area contributed by atoms with Crippen LogP contribution in [0.15, 0.2) is 64.5 Å². The zero-order valence-electron chi connectivity index (χ0n) is 16.0. The normalized spacial score (nSPS) is 15.3. The third kappa shape index (κ3) is 3.57. The molecule has 3 heterocycles. The van der Waals surface area contributed by atoms with Gasteiger partial charge in [0.05, 0.1) is 18.9 Å². The van der Waals surface area contributed by atoms with E-state index >= 15 is 0 Å². The maximum Gasteiger partial charge on any atom is 0.283 e. The number of morpholine rings is 1. The highest BCUT2D eigenvalue weighted by Crippen LogP contribution is 2.26. The molecule has 7 heteroatoms. The molecule has 1 fully saturated rings. The lowest BCUT2D eigenvalue weighted by Crippen LogP contribution is -2.37. The Morgan fingerprint density at radius 1 is 1.03 bits per heavy atom. The van der Waals surface area contributed by atoms with Crippen molar-refractivity contribution < 1.29 is 4.74 Å². The minimum atomic E-state index is -0.0636. The second kappa shape index (κ2) is 8.02. The standard InChI is InChI=1S/C22H22N4O2S/c27-21-20-19(17-8-4-5-9-18(17)23-20)24-22(26(21)16-6-2-1-3-7-16)29-15-12-25-10-13-28-14-11-25/h1-9,23H,10-15H2. The van der Waals surface area contributed by atoms with Crippen LogP contribution in [-0.2, 0) is 4.74 Å². The third-order valence-electron chi connectivity index (χ3n) is 5.25. The van der Waals surface area contributed by atoms with Gasteiger partial charge in [-0.3, -0.25) is 14.3 Å². The fraction of sp³-hybridized carbons (Fsp3) is 0.273. The fourth-order valence-corrected chi connectivity index (χ4v) is 4.74. The van der Waals surface area contributed by atoms with Crippen LogP contribution < -0.4 is 5.56 Å². The van der Waals surface area contributed by atoms with Gasteiger partial charge in [-0.1, -0.05) is 48.2 Å². The van der Waals surface area contributed by atoms with Crippen molar-refractivity contribution in [2.24, 2.45) is 0 Å². The number of benzene rings is 2. The second-order valence-corrected chi connectivity index (χ2v) is 8.13. The molecule has 0 aliphatic carbocycles. The molecule has 0 atom stereocenters. The summed E-state index contributed by atoms with van der Waals surface area (Å²) in [4.78, 5) is 24.0. The quantitative estimate of drug-likeness (QED) is 0.407. The maximum atomic E-state index is 13.4. The van der Waals surface area contributed by atoms with Crippen molar-refractivity contribution in [3.8, 4) is 5.69 Å². The molecule has 2 aromatic carbocycles. The van der Waals surface area contributed by atoms with Gasteiger partial charge in [-0.25, -0.2) is 4.98 Å². The van der Waals surface area contributed by atoms with Crippen LogP contribution in [0.2, 0.25) is 0 Å². The van der Waals surface area contributed by atoms with Gasteiger partial charge in [0.15, 0.2) is 5.16 Å². The van der Waals surface area contributed by atoms with Crippen LogP contribution >= 0.6 is 11.8 Å². The van der Waals surface area contributed by atoms with E-state index in [-0.39, 0.29) is 5.56 Å². The van der Waals surface area contributed by atoms with E-state index in [2.05, 4.69) is 9.88 Å². The van der Waals surface area contributed by atoms with E-state index in [1.807, 2.05) is 54.6 Å². The second-order valence-electron chi connectivity index (χ2n) is 7.07. The van der Waals surface area contributed by atoms with Crippen molar-refractivity contribution in [2.75, 3.05) is 38.6 Å². The van der Waals surface area contributed by atoms with E-state index in [0.29, 0.717) is 5.52 Å². The number of H-pyrrole nitrogens is 1. The average Bonchev–Trinajstić information content (AvgIpc) is 3.14. The smallest absolute Gasteiger partial charge is 0.283 e. The summed E-state index contributed by atoms with van der Waals surface area (Å²) in [6, 6.07) is 17.7. The van der Waals surface area contributed by atoms with Gasteiger partial charge in [-0.05, 0) is 18.2 Å². The highest BCUT2D eigenvalue weighted by Gasteiger charge is 2.17. The van der Waals surface area contributed by atoms with Crippen molar-refractivity contribution in [2.45, 2.75) is 5.16 Å². The summed E-state index contributed by atoms with van der Waals surface area (Å²) in [5.74, 6) is 0.868. The summed E-state index contributed by atoms with van der Waals surface area (Å²) in [6.45, 7) is 4.45. The highest BCUT2D eigenvalue weighted by atomic mass is 32.2.